The smallest absolute Gasteiger partial charge is 0.333 e. The number of hydrogen-bond donors (Lipinski definition) is 0. The van der Waals surface area contributed by atoms with Gasteiger partial charge in [-0.25, -0.2) is 0 Å². The van der Waals surface area contributed by atoms with Crippen LogP contribution >= 0.6 is 0 Å². The summed E-state index contributed by atoms with van der Waals surface area (Å²) in [5, 5.41) is 0. The van der Waals surface area contributed by atoms with Crippen molar-refractivity contribution in [2.75, 3.05) is 28.7 Å². The molecule has 4 heteroatoms. The van der Waals surface area contributed by atoms with E-state index in [9.17, 15) is 0 Å². The summed E-state index contributed by atoms with van der Waals surface area (Å²) < 4.78 is 0. The highest BCUT2D eigenvalue weighted by atomic mass is 15.2. The normalized spacial score (nSPS) is 14.7. The topological polar surface area (TPSA) is 9.72 Å². The van der Waals surface area contributed by atoms with Crippen molar-refractivity contribution in [3.05, 3.63) is 84.9 Å². The van der Waals surface area contributed by atoms with Crippen molar-refractivity contribution in [2.24, 2.45) is 0 Å². The largest absolute Gasteiger partial charge is 0.373 e. The van der Waals surface area contributed by atoms with Gasteiger partial charge < -0.3 is 14.6 Å². The van der Waals surface area contributed by atoms with Crippen LogP contribution in [0.2, 0.25) is 0 Å². The molecule has 142 valence electrons. The Hall–Kier alpha value is -3.66. The van der Waals surface area contributed by atoms with Gasteiger partial charge in [0.05, 0.1) is 22.7 Å². The van der Waals surface area contributed by atoms with Crippen LogP contribution in [0.5, 0.6) is 0 Å². The SMILES string of the molecule is CN1c2ccccc2B2c3c(cccc31)-c1cccc3c1N2c1ccccc1N3C. The molecule has 0 aromatic heterocycles. The van der Waals surface area contributed by atoms with Crippen LogP contribution in [0.3, 0.4) is 0 Å². The lowest BCUT2D eigenvalue weighted by atomic mass is 9.43. The maximum atomic E-state index is 2.58. The molecule has 3 aliphatic rings. The van der Waals surface area contributed by atoms with Crippen LogP contribution in [-0.4, -0.2) is 20.9 Å². The van der Waals surface area contributed by atoms with E-state index in [1.54, 1.807) is 0 Å². The van der Waals surface area contributed by atoms with Gasteiger partial charge in [-0.05, 0) is 46.8 Å². The molecular formula is C26H20BN3. The average Bonchev–Trinajstić information content (AvgIpc) is 2.81. The summed E-state index contributed by atoms with van der Waals surface area (Å²) in [7, 11) is 4.37. The Bertz CT molecular complexity index is 1260. The molecule has 4 aromatic carbocycles. The van der Waals surface area contributed by atoms with E-state index in [0.29, 0.717) is 0 Å². The van der Waals surface area contributed by atoms with Crippen LogP contribution in [0.1, 0.15) is 0 Å². The van der Waals surface area contributed by atoms with Gasteiger partial charge in [-0.1, -0.05) is 54.6 Å². The first-order valence-corrected chi connectivity index (χ1v) is 10.5. The summed E-state index contributed by atoms with van der Waals surface area (Å²) in [6.45, 7) is 0.159. The van der Waals surface area contributed by atoms with Gasteiger partial charge in [0.25, 0.3) is 0 Å². The van der Waals surface area contributed by atoms with E-state index in [0.717, 1.165) is 0 Å². The zero-order valence-corrected chi connectivity index (χ0v) is 17.0. The van der Waals surface area contributed by atoms with Crippen molar-refractivity contribution in [3.8, 4) is 11.1 Å². The summed E-state index contributed by atoms with van der Waals surface area (Å²) in [5.41, 5.74) is 13.1. The first-order chi connectivity index (χ1) is 14.8. The molecule has 7 rings (SSSR count). The molecule has 0 saturated heterocycles. The van der Waals surface area contributed by atoms with Crippen molar-refractivity contribution in [3.63, 3.8) is 0 Å². The van der Waals surface area contributed by atoms with Crippen molar-refractivity contribution in [1.29, 1.82) is 0 Å². The Morgan fingerprint density at radius 2 is 1.13 bits per heavy atom. The third-order valence-electron chi connectivity index (χ3n) is 6.98. The molecule has 0 bridgehead atoms. The van der Waals surface area contributed by atoms with Crippen molar-refractivity contribution < 1.29 is 0 Å². The van der Waals surface area contributed by atoms with Gasteiger partial charge in [0.2, 0.25) is 0 Å². The van der Waals surface area contributed by atoms with E-state index in [1.165, 1.54) is 56.2 Å². The molecule has 0 amide bonds. The summed E-state index contributed by atoms with van der Waals surface area (Å²) in [5.74, 6) is 0. The van der Waals surface area contributed by atoms with Crippen molar-refractivity contribution in [2.45, 2.75) is 0 Å². The highest BCUT2D eigenvalue weighted by molar-refractivity contribution is 6.93. The maximum absolute atomic E-state index is 2.58. The zero-order valence-electron chi connectivity index (χ0n) is 17.0. The maximum Gasteiger partial charge on any atom is 0.333 e. The predicted octanol–water partition coefficient (Wildman–Crippen LogP) is 4.77. The van der Waals surface area contributed by atoms with Gasteiger partial charge in [-0.3, -0.25) is 0 Å². The number of benzene rings is 4. The molecule has 0 radical (unpaired) electrons. The van der Waals surface area contributed by atoms with Gasteiger partial charge >= 0.3 is 6.85 Å². The Balaban J connectivity index is 1.66. The first-order valence-electron chi connectivity index (χ1n) is 10.5. The molecule has 0 unspecified atom stereocenters. The van der Waals surface area contributed by atoms with E-state index in [4.69, 9.17) is 0 Å². The standard InChI is InChI=1S/C26H20BN3/c1-28-20-12-4-3-11-19(20)27-25-17(9-7-15-23(25)28)18-10-8-16-24-26(18)30(27)22-14-6-5-13-21(22)29(24)2/h3-16H,1-2H3. The quantitative estimate of drug-likeness (QED) is 0.404. The third-order valence-corrected chi connectivity index (χ3v) is 6.98. The summed E-state index contributed by atoms with van der Waals surface area (Å²) in [6.07, 6.45) is 0. The van der Waals surface area contributed by atoms with E-state index in [-0.39, 0.29) is 6.85 Å². The number of nitrogens with zero attached hydrogens (tertiary/aromatic N) is 3. The lowest BCUT2D eigenvalue weighted by Gasteiger charge is -2.49. The van der Waals surface area contributed by atoms with Crippen LogP contribution < -0.4 is 25.5 Å². The second kappa shape index (κ2) is 5.48. The highest BCUT2D eigenvalue weighted by Gasteiger charge is 2.46. The molecule has 0 atom stereocenters. The van der Waals surface area contributed by atoms with Crippen LogP contribution in [0, 0.1) is 0 Å². The second-order valence-electron chi connectivity index (χ2n) is 8.35. The number of hydrogen-bond acceptors (Lipinski definition) is 3. The minimum absolute atomic E-state index is 0.159. The lowest BCUT2D eigenvalue weighted by molar-refractivity contribution is 1.14. The van der Waals surface area contributed by atoms with E-state index in [2.05, 4.69) is 114 Å². The van der Waals surface area contributed by atoms with Gasteiger partial charge in [0.1, 0.15) is 0 Å². The highest BCUT2D eigenvalue weighted by Crippen LogP contribution is 2.54. The minimum Gasteiger partial charge on any atom is -0.373 e. The third kappa shape index (κ3) is 1.78. The minimum atomic E-state index is 0.159. The van der Waals surface area contributed by atoms with Crippen LogP contribution in [0.25, 0.3) is 11.1 Å². The first kappa shape index (κ1) is 16.2. The number of rotatable bonds is 0. The monoisotopic (exact) mass is 385 g/mol. The predicted molar refractivity (Wildman–Crippen MR) is 128 cm³/mol. The van der Waals surface area contributed by atoms with Crippen molar-refractivity contribution in [1.82, 2.24) is 0 Å². The van der Waals surface area contributed by atoms with Gasteiger partial charge in [0.15, 0.2) is 0 Å². The lowest BCUT2D eigenvalue weighted by Crippen LogP contribution is -2.62. The molecule has 0 aliphatic carbocycles. The molecule has 0 fully saturated rings. The van der Waals surface area contributed by atoms with E-state index >= 15 is 0 Å². The number of fused-ring (bicyclic) bond motifs is 6. The molecular weight excluding hydrogens is 365 g/mol. The molecule has 0 saturated carbocycles. The molecule has 30 heavy (non-hydrogen) atoms. The van der Waals surface area contributed by atoms with Crippen molar-refractivity contribution >= 4 is 51.9 Å². The fourth-order valence-corrected chi connectivity index (χ4v) is 5.69. The Kier molecular flexibility index (Phi) is 2.96. The Morgan fingerprint density at radius 3 is 1.97 bits per heavy atom. The molecule has 3 aliphatic heterocycles. The molecule has 4 aromatic rings. The Labute approximate surface area is 176 Å². The molecule has 0 N–H and O–H groups in total. The molecule has 3 nitrogen and oxygen atoms in total. The number of para-hydroxylation sites is 4. The molecule has 3 heterocycles. The van der Waals surface area contributed by atoms with E-state index in [1.807, 2.05) is 0 Å². The van der Waals surface area contributed by atoms with E-state index < -0.39 is 0 Å². The van der Waals surface area contributed by atoms with Crippen LogP contribution in [0.15, 0.2) is 84.9 Å². The molecule has 0 spiro atoms. The fourth-order valence-electron chi connectivity index (χ4n) is 5.69. The van der Waals surface area contributed by atoms with Crippen LogP contribution in [0.4, 0.5) is 34.1 Å². The van der Waals surface area contributed by atoms with Gasteiger partial charge in [-0.2, -0.15) is 0 Å². The Morgan fingerprint density at radius 1 is 0.533 bits per heavy atom. The fraction of sp³-hybridized carbons (Fsp3) is 0.0769. The summed E-state index contributed by atoms with van der Waals surface area (Å²) >= 11 is 0. The summed E-state index contributed by atoms with van der Waals surface area (Å²) in [6, 6.07) is 31.1. The van der Waals surface area contributed by atoms with Gasteiger partial charge in [-0.15, -0.1) is 0 Å². The van der Waals surface area contributed by atoms with Crippen LogP contribution in [-0.2, 0) is 0 Å². The van der Waals surface area contributed by atoms with Gasteiger partial charge in [0, 0.05) is 31.0 Å². The number of anilines is 6. The second-order valence-corrected chi connectivity index (χ2v) is 8.35. The average molecular weight is 385 g/mol. The zero-order chi connectivity index (χ0) is 20.0. The summed E-state index contributed by atoms with van der Waals surface area (Å²) in [4.78, 5) is 7.26.